The van der Waals surface area contributed by atoms with Gasteiger partial charge < -0.3 is 0 Å². The highest BCUT2D eigenvalue weighted by Crippen LogP contribution is 2.23. The van der Waals surface area contributed by atoms with Crippen molar-refractivity contribution < 1.29 is 4.79 Å². The lowest BCUT2D eigenvalue weighted by Gasteiger charge is -2.09. The van der Waals surface area contributed by atoms with Gasteiger partial charge in [0, 0.05) is 11.4 Å². The van der Waals surface area contributed by atoms with E-state index in [2.05, 4.69) is 10.3 Å². The first-order valence-corrected chi connectivity index (χ1v) is 6.71. The zero-order chi connectivity index (χ0) is 14.0. The van der Waals surface area contributed by atoms with Gasteiger partial charge in [0.25, 0.3) is 0 Å². The number of benzene rings is 1. The first-order chi connectivity index (χ1) is 9.10. The van der Waals surface area contributed by atoms with Crippen molar-refractivity contribution in [2.24, 2.45) is 0 Å². The first kappa shape index (κ1) is 13.7. The van der Waals surface area contributed by atoms with Crippen molar-refractivity contribution in [1.82, 2.24) is 15.0 Å². The highest BCUT2D eigenvalue weighted by molar-refractivity contribution is 6.31. The summed E-state index contributed by atoms with van der Waals surface area (Å²) in [6.07, 6.45) is 1.13. The molecule has 0 aliphatic rings. The molecule has 0 amide bonds. The van der Waals surface area contributed by atoms with Gasteiger partial charge in [-0.1, -0.05) is 36.7 Å². The van der Waals surface area contributed by atoms with E-state index >= 15 is 0 Å². The van der Waals surface area contributed by atoms with Crippen molar-refractivity contribution >= 4 is 17.4 Å². The summed E-state index contributed by atoms with van der Waals surface area (Å²) in [6.45, 7) is 5.74. The van der Waals surface area contributed by atoms with Gasteiger partial charge in [-0.2, -0.15) is 0 Å². The average molecular weight is 278 g/mol. The molecule has 0 spiro atoms. The molecule has 0 aliphatic heterocycles. The number of ketones is 1. The molecule has 4 nitrogen and oxygen atoms in total. The van der Waals surface area contributed by atoms with E-state index in [9.17, 15) is 4.79 Å². The summed E-state index contributed by atoms with van der Waals surface area (Å²) in [6, 6.07) is 5.63. The van der Waals surface area contributed by atoms with Crippen LogP contribution in [0.5, 0.6) is 0 Å². The van der Waals surface area contributed by atoms with E-state index < -0.39 is 0 Å². The predicted molar refractivity (Wildman–Crippen MR) is 75.1 cm³/mol. The summed E-state index contributed by atoms with van der Waals surface area (Å²) in [5.74, 6) is 0.0165. The third-order valence-corrected chi connectivity index (χ3v) is 3.56. The van der Waals surface area contributed by atoms with Gasteiger partial charge in [0.05, 0.1) is 11.4 Å². The molecule has 0 N–H and O–H groups in total. The van der Waals surface area contributed by atoms with Gasteiger partial charge in [0.2, 0.25) is 0 Å². The first-order valence-electron chi connectivity index (χ1n) is 6.33. The number of aromatic nitrogens is 3. The van der Waals surface area contributed by atoms with Crippen LogP contribution in [-0.4, -0.2) is 20.8 Å². The van der Waals surface area contributed by atoms with Crippen LogP contribution >= 0.6 is 11.6 Å². The molecule has 19 heavy (non-hydrogen) atoms. The van der Waals surface area contributed by atoms with E-state index in [0.717, 1.165) is 16.9 Å². The Morgan fingerprint density at radius 2 is 2.11 bits per heavy atom. The summed E-state index contributed by atoms with van der Waals surface area (Å²) in [5, 5.41) is 8.82. The molecule has 0 fully saturated rings. The van der Waals surface area contributed by atoms with Gasteiger partial charge in [-0.3, -0.25) is 4.79 Å². The normalized spacial score (nSPS) is 10.7. The molecule has 0 atom stereocenters. The fourth-order valence-corrected chi connectivity index (χ4v) is 2.19. The molecule has 5 heteroatoms. The standard InChI is InChI=1S/C14H16ClN3O/c1-4-11-14(13(19)5-2)16-17-18(11)12-8-6-7-10(15)9(12)3/h6-8H,4-5H2,1-3H3. The van der Waals surface area contributed by atoms with Crippen LogP contribution in [0.1, 0.15) is 42.0 Å². The Bertz CT molecular complexity index is 619. The average Bonchev–Trinajstić information content (AvgIpc) is 2.84. The van der Waals surface area contributed by atoms with Crippen LogP contribution in [0.2, 0.25) is 5.02 Å². The second-order valence-electron chi connectivity index (χ2n) is 4.31. The predicted octanol–water partition coefficient (Wildman–Crippen LogP) is 3.38. The largest absolute Gasteiger partial charge is 0.292 e. The van der Waals surface area contributed by atoms with Crippen LogP contribution in [0, 0.1) is 6.92 Å². The number of halogens is 1. The van der Waals surface area contributed by atoms with Crippen LogP contribution in [0.4, 0.5) is 0 Å². The molecule has 2 rings (SSSR count). The van der Waals surface area contributed by atoms with Crippen LogP contribution in [0.25, 0.3) is 5.69 Å². The molecule has 1 aromatic carbocycles. The number of carbonyl (C=O) groups excluding carboxylic acids is 1. The van der Waals surface area contributed by atoms with E-state index in [4.69, 9.17) is 11.6 Å². The fraction of sp³-hybridized carbons (Fsp3) is 0.357. The molecule has 0 bridgehead atoms. The third-order valence-electron chi connectivity index (χ3n) is 3.15. The number of carbonyl (C=O) groups is 1. The Morgan fingerprint density at radius 1 is 1.37 bits per heavy atom. The maximum absolute atomic E-state index is 11.8. The van der Waals surface area contributed by atoms with E-state index in [1.165, 1.54) is 0 Å². The Balaban J connectivity index is 2.60. The van der Waals surface area contributed by atoms with Crippen molar-refractivity contribution in [2.45, 2.75) is 33.6 Å². The van der Waals surface area contributed by atoms with Gasteiger partial charge in [-0.05, 0) is 31.0 Å². The maximum Gasteiger partial charge on any atom is 0.184 e. The van der Waals surface area contributed by atoms with Gasteiger partial charge in [0.1, 0.15) is 0 Å². The Kier molecular flexibility index (Phi) is 4.00. The Labute approximate surface area is 117 Å². The Morgan fingerprint density at radius 3 is 2.74 bits per heavy atom. The van der Waals surface area contributed by atoms with Crippen LogP contribution < -0.4 is 0 Å². The van der Waals surface area contributed by atoms with Crippen LogP contribution in [0.3, 0.4) is 0 Å². The highest BCUT2D eigenvalue weighted by Gasteiger charge is 2.18. The Hall–Kier alpha value is -1.68. The zero-order valence-electron chi connectivity index (χ0n) is 11.3. The van der Waals surface area contributed by atoms with Crippen molar-refractivity contribution in [2.75, 3.05) is 0 Å². The molecule has 1 heterocycles. The third kappa shape index (κ3) is 2.40. The lowest BCUT2D eigenvalue weighted by Crippen LogP contribution is -2.07. The summed E-state index contributed by atoms with van der Waals surface area (Å²) >= 11 is 6.13. The van der Waals surface area contributed by atoms with Gasteiger partial charge >= 0.3 is 0 Å². The van der Waals surface area contributed by atoms with Crippen molar-refractivity contribution in [3.63, 3.8) is 0 Å². The molecule has 100 valence electrons. The lowest BCUT2D eigenvalue weighted by atomic mass is 10.1. The van der Waals surface area contributed by atoms with E-state index in [1.807, 2.05) is 39.0 Å². The van der Waals surface area contributed by atoms with E-state index in [-0.39, 0.29) is 5.78 Å². The number of rotatable bonds is 4. The highest BCUT2D eigenvalue weighted by atomic mass is 35.5. The second kappa shape index (κ2) is 5.53. The number of hydrogen-bond acceptors (Lipinski definition) is 3. The topological polar surface area (TPSA) is 47.8 Å². The zero-order valence-corrected chi connectivity index (χ0v) is 12.0. The molecule has 0 aliphatic carbocycles. The summed E-state index contributed by atoms with van der Waals surface area (Å²) < 4.78 is 1.71. The molecule has 0 radical (unpaired) electrons. The van der Waals surface area contributed by atoms with Gasteiger partial charge in [-0.15, -0.1) is 5.10 Å². The minimum atomic E-state index is 0.0165. The van der Waals surface area contributed by atoms with E-state index in [1.54, 1.807) is 4.68 Å². The molecular weight excluding hydrogens is 262 g/mol. The maximum atomic E-state index is 11.8. The minimum Gasteiger partial charge on any atom is -0.292 e. The monoisotopic (exact) mass is 277 g/mol. The smallest absolute Gasteiger partial charge is 0.184 e. The van der Waals surface area contributed by atoms with Gasteiger partial charge in [0.15, 0.2) is 11.5 Å². The van der Waals surface area contributed by atoms with Crippen molar-refractivity contribution in [1.29, 1.82) is 0 Å². The lowest BCUT2D eigenvalue weighted by molar-refractivity contribution is 0.0982. The van der Waals surface area contributed by atoms with Crippen molar-refractivity contribution in [3.8, 4) is 5.69 Å². The minimum absolute atomic E-state index is 0.0165. The molecule has 0 saturated heterocycles. The fourth-order valence-electron chi connectivity index (χ4n) is 2.02. The summed E-state index contributed by atoms with van der Waals surface area (Å²) in [5.41, 5.74) is 3.09. The molecule has 1 aromatic heterocycles. The van der Waals surface area contributed by atoms with Crippen LogP contribution in [-0.2, 0) is 6.42 Å². The molecule has 2 aromatic rings. The summed E-state index contributed by atoms with van der Waals surface area (Å²) in [4.78, 5) is 11.8. The SMILES string of the molecule is CCC(=O)c1nnn(-c2cccc(Cl)c2C)c1CC. The van der Waals surface area contributed by atoms with Crippen LogP contribution in [0.15, 0.2) is 18.2 Å². The number of Topliss-reactive ketones (excluding diaryl/α,β-unsaturated/α-hetero) is 1. The summed E-state index contributed by atoms with van der Waals surface area (Å²) in [7, 11) is 0. The molecule has 0 unspecified atom stereocenters. The number of nitrogens with zero attached hydrogens (tertiary/aromatic N) is 3. The second-order valence-corrected chi connectivity index (χ2v) is 4.72. The van der Waals surface area contributed by atoms with Gasteiger partial charge in [-0.25, -0.2) is 4.68 Å². The van der Waals surface area contributed by atoms with E-state index in [0.29, 0.717) is 23.6 Å². The van der Waals surface area contributed by atoms with Crippen molar-refractivity contribution in [3.05, 3.63) is 40.2 Å². The molecule has 0 saturated carbocycles. The number of hydrogen-bond donors (Lipinski definition) is 0. The molecular formula is C14H16ClN3O. The quantitative estimate of drug-likeness (QED) is 0.805.